The van der Waals surface area contributed by atoms with Gasteiger partial charge in [0.05, 0.1) is 18.7 Å². The maximum atomic E-state index is 12.1. The molecule has 0 saturated carbocycles. The van der Waals surface area contributed by atoms with Crippen molar-refractivity contribution in [3.8, 4) is 0 Å². The maximum absolute atomic E-state index is 12.1. The average Bonchev–Trinajstić information content (AvgIpc) is 2.54. The molecule has 0 aliphatic rings. The molecule has 2 aromatic carbocycles. The molecule has 2 N–H and O–H groups in total. The minimum Gasteiger partial charge on any atom is -0.465 e. The number of urea groups is 1. The van der Waals surface area contributed by atoms with Crippen molar-refractivity contribution >= 4 is 17.7 Å². The second kappa shape index (κ2) is 7.64. The number of aryl methyl sites for hydroxylation is 2. The highest BCUT2D eigenvalue weighted by Crippen LogP contribution is 2.19. The van der Waals surface area contributed by atoms with Gasteiger partial charge in [-0.3, -0.25) is 0 Å². The van der Waals surface area contributed by atoms with Gasteiger partial charge in [0.2, 0.25) is 0 Å². The summed E-state index contributed by atoms with van der Waals surface area (Å²) in [5.41, 5.74) is 4.46. The van der Waals surface area contributed by atoms with Crippen LogP contribution >= 0.6 is 0 Å². The Morgan fingerprint density at radius 3 is 2.29 bits per heavy atom. The van der Waals surface area contributed by atoms with Crippen molar-refractivity contribution in [2.45, 2.75) is 26.8 Å². The van der Waals surface area contributed by atoms with E-state index in [-0.39, 0.29) is 12.1 Å². The first-order valence-electron chi connectivity index (χ1n) is 7.73. The number of amides is 2. The summed E-state index contributed by atoms with van der Waals surface area (Å²) in [6, 6.07) is 12.3. The van der Waals surface area contributed by atoms with E-state index < -0.39 is 5.97 Å². The summed E-state index contributed by atoms with van der Waals surface area (Å²) in [5.74, 6) is -0.408. The minimum atomic E-state index is -0.408. The van der Waals surface area contributed by atoms with E-state index in [2.05, 4.69) is 21.4 Å². The third-order valence-corrected chi connectivity index (χ3v) is 3.80. The van der Waals surface area contributed by atoms with Crippen molar-refractivity contribution in [3.05, 3.63) is 64.7 Å². The zero-order valence-corrected chi connectivity index (χ0v) is 14.3. The van der Waals surface area contributed by atoms with Crippen LogP contribution in [-0.4, -0.2) is 19.1 Å². The van der Waals surface area contributed by atoms with Gasteiger partial charge >= 0.3 is 12.0 Å². The van der Waals surface area contributed by atoms with Crippen molar-refractivity contribution in [1.82, 2.24) is 5.32 Å². The fraction of sp³-hybridized carbons (Fsp3) is 0.263. The molecule has 126 valence electrons. The smallest absolute Gasteiger partial charge is 0.337 e. The van der Waals surface area contributed by atoms with Crippen molar-refractivity contribution in [3.63, 3.8) is 0 Å². The maximum Gasteiger partial charge on any atom is 0.337 e. The molecule has 0 aliphatic carbocycles. The molecule has 0 heterocycles. The van der Waals surface area contributed by atoms with Gasteiger partial charge in [-0.05, 0) is 56.2 Å². The van der Waals surface area contributed by atoms with Crippen molar-refractivity contribution in [2.75, 3.05) is 12.4 Å². The number of carbonyl (C=O) groups is 2. The van der Waals surface area contributed by atoms with Gasteiger partial charge in [0, 0.05) is 5.69 Å². The van der Waals surface area contributed by atoms with Crippen LogP contribution in [0.3, 0.4) is 0 Å². The van der Waals surface area contributed by atoms with Crippen LogP contribution in [0.15, 0.2) is 42.5 Å². The highest BCUT2D eigenvalue weighted by atomic mass is 16.5. The first kappa shape index (κ1) is 17.5. The van der Waals surface area contributed by atoms with E-state index in [1.165, 1.54) is 12.7 Å². The molecule has 0 aromatic heterocycles. The first-order chi connectivity index (χ1) is 11.4. The number of esters is 1. The molecule has 1 atom stereocenters. The summed E-state index contributed by atoms with van der Waals surface area (Å²) in [7, 11) is 1.33. The molecule has 2 amide bonds. The predicted octanol–water partition coefficient (Wildman–Crippen LogP) is 3.97. The molecule has 0 fully saturated rings. The molecule has 0 radical (unpaired) electrons. The van der Waals surface area contributed by atoms with Crippen molar-refractivity contribution < 1.29 is 14.3 Å². The Bertz CT molecular complexity index is 739. The average molecular weight is 326 g/mol. The number of benzene rings is 2. The molecule has 0 unspecified atom stereocenters. The largest absolute Gasteiger partial charge is 0.465 e. The Morgan fingerprint density at radius 2 is 1.71 bits per heavy atom. The molecule has 0 bridgehead atoms. The van der Waals surface area contributed by atoms with E-state index >= 15 is 0 Å². The summed E-state index contributed by atoms with van der Waals surface area (Å²) < 4.78 is 4.64. The molecule has 0 spiro atoms. The van der Waals surface area contributed by atoms with E-state index in [0.717, 1.165) is 11.1 Å². The topological polar surface area (TPSA) is 67.4 Å². The molecule has 24 heavy (non-hydrogen) atoms. The van der Waals surface area contributed by atoms with Gasteiger partial charge in [0.25, 0.3) is 0 Å². The number of hydrogen-bond acceptors (Lipinski definition) is 3. The van der Waals surface area contributed by atoms with E-state index in [0.29, 0.717) is 11.3 Å². The molecule has 0 aliphatic heterocycles. The monoisotopic (exact) mass is 326 g/mol. The quantitative estimate of drug-likeness (QED) is 0.835. The summed E-state index contributed by atoms with van der Waals surface area (Å²) in [6.45, 7) is 6.02. The Morgan fingerprint density at radius 1 is 1.04 bits per heavy atom. The van der Waals surface area contributed by atoms with Gasteiger partial charge < -0.3 is 15.4 Å². The number of hydrogen-bond donors (Lipinski definition) is 2. The Kier molecular flexibility index (Phi) is 5.58. The van der Waals surface area contributed by atoms with Crippen LogP contribution in [0, 0.1) is 13.8 Å². The minimum absolute atomic E-state index is 0.111. The van der Waals surface area contributed by atoms with Crippen LogP contribution in [0.25, 0.3) is 0 Å². The number of carbonyl (C=O) groups excluding carboxylic acids is 2. The van der Waals surface area contributed by atoms with Crippen molar-refractivity contribution in [2.24, 2.45) is 0 Å². The number of nitrogens with one attached hydrogen (secondary N) is 2. The Labute approximate surface area is 142 Å². The highest BCUT2D eigenvalue weighted by Gasteiger charge is 2.12. The van der Waals surface area contributed by atoms with Gasteiger partial charge in [0.1, 0.15) is 0 Å². The third kappa shape index (κ3) is 4.35. The molecular formula is C19H22N2O3. The van der Waals surface area contributed by atoms with Crippen LogP contribution in [0.2, 0.25) is 0 Å². The van der Waals surface area contributed by atoms with Gasteiger partial charge in [-0.15, -0.1) is 0 Å². The van der Waals surface area contributed by atoms with Crippen LogP contribution in [0.1, 0.15) is 40.0 Å². The number of anilines is 1. The molecule has 5 nitrogen and oxygen atoms in total. The number of ether oxygens (including phenoxy) is 1. The summed E-state index contributed by atoms with van der Waals surface area (Å²) in [5, 5.41) is 5.67. The van der Waals surface area contributed by atoms with Gasteiger partial charge in [-0.25, -0.2) is 9.59 Å². The summed E-state index contributed by atoms with van der Waals surface area (Å²) >= 11 is 0. The zero-order chi connectivity index (χ0) is 17.7. The lowest BCUT2D eigenvalue weighted by Gasteiger charge is -2.17. The molecule has 2 rings (SSSR count). The van der Waals surface area contributed by atoms with E-state index in [1.54, 1.807) is 24.3 Å². The highest BCUT2D eigenvalue weighted by molar-refractivity contribution is 5.92. The number of rotatable bonds is 4. The lowest BCUT2D eigenvalue weighted by molar-refractivity contribution is 0.0601. The van der Waals surface area contributed by atoms with Gasteiger partial charge in [-0.2, -0.15) is 0 Å². The first-order valence-corrected chi connectivity index (χ1v) is 7.73. The van der Waals surface area contributed by atoms with Crippen LogP contribution in [-0.2, 0) is 4.74 Å². The van der Waals surface area contributed by atoms with Crippen LogP contribution < -0.4 is 10.6 Å². The second-order valence-electron chi connectivity index (χ2n) is 5.75. The van der Waals surface area contributed by atoms with Crippen molar-refractivity contribution in [1.29, 1.82) is 0 Å². The summed E-state index contributed by atoms with van der Waals surface area (Å²) in [6.07, 6.45) is 0. The predicted molar refractivity (Wildman–Crippen MR) is 94.3 cm³/mol. The van der Waals surface area contributed by atoms with E-state index in [1.807, 2.05) is 32.9 Å². The van der Waals surface area contributed by atoms with Crippen LogP contribution in [0.5, 0.6) is 0 Å². The lowest BCUT2D eigenvalue weighted by Crippen LogP contribution is -2.31. The zero-order valence-electron chi connectivity index (χ0n) is 14.3. The fourth-order valence-electron chi connectivity index (χ4n) is 2.56. The lowest BCUT2D eigenvalue weighted by atomic mass is 10.0. The Hall–Kier alpha value is -2.82. The second-order valence-corrected chi connectivity index (χ2v) is 5.75. The molecule has 0 saturated heterocycles. The standard InChI is InChI=1S/C19H22N2O3/c1-12-5-10-17(13(2)11-12)14(3)20-19(23)21-16-8-6-15(7-9-16)18(22)24-4/h5-11,14H,1-4H3,(H2,20,21,23)/t14-/m1/s1. The molecule has 5 heteroatoms. The summed E-state index contributed by atoms with van der Waals surface area (Å²) in [4.78, 5) is 23.5. The van der Waals surface area contributed by atoms with E-state index in [9.17, 15) is 9.59 Å². The fourth-order valence-corrected chi connectivity index (χ4v) is 2.56. The third-order valence-electron chi connectivity index (χ3n) is 3.80. The number of methoxy groups -OCH3 is 1. The van der Waals surface area contributed by atoms with Gasteiger partial charge in [-0.1, -0.05) is 23.8 Å². The molecular weight excluding hydrogens is 304 g/mol. The molecule has 2 aromatic rings. The van der Waals surface area contributed by atoms with Crippen LogP contribution in [0.4, 0.5) is 10.5 Å². The Balaban J connectivity index is 1.98. The van der Waals surface area contributed by atoms with Gasteiger partial charge in [0.15, 0.2) is 0 Å². The normalized spacial score (nSPS) is 11.5. The van der Waals surface area contributed by atoms with E-state index in [4.69, 9.17) is 0 Å². The SMILES string of the molecule is COC(=O)c1ccc(NC(=O)N[C@H](C)c2ccc(C)cc2C)cc1.